The molecule has 1 N–H and O–H groups in total. The zero-order chi connectivity index (χ0) is 17.2. The predicted molar refractivity (Wildman–Crippen MR) is 102 cm³/mol. The average molecular weight is 380 g/mol. The van der Waals surface area contributed by atoms with Crippen LogP contribution < -0.4 is 10.2 Å². The van der Waals surface area contributed by atoms with Gasteiger partial charge in [0.05, 0.1) is 16.1 Å². The van der Waals surface area contributed by atoms with Gasteiger partial charge in [-0.05, 0) is 43.9 Å². The van der Waals surface area contributed by atoms with Crippen LogP contribution in [0.2, 0.25) is 5.02 Å². The highest BCUT2D eigenvalue weighted by molar-refractivity contribution is 7.22. The minimum Gasteiger partial charge on any atom is -0.381 e. The van der Waals surface area contributed by atoms with Crippen molar-refractivity contribution in [3.63, 3.8) is 0 Å². The molecule has 2 aromatic rings. The number of amides is 1. The topological polar surface area (TPSA) is 54.5 Å². The molecular weight excluding hydrogens is 358 g/mol. The van der Waals surface area contributed by atoms with Crippen LogP contribution in [0.5, 0.6) is 0 Å². The molecule has 4 rings (SSSR count). The van der Waals surface area contributed by atoms with E-state index < -0.39 is 0 Å². The fourth-order valence-corrected chi connectivity index (χ4v) is 4.82. The molecule has 25 heavy (non-hydrogen) atoms. The van der Waals surface area contributed by atoms with Crippen LogP contribution in [0, 0.1) is 5.92 Å². The maximum Gasteiger partial charge on any atom is 0.225 e. The minimum atomic E-state index is 0.0344. The largest absolute Gasteiger partial charge is 0.381 e. The van der Waals surface area contributed by atoms with E-state index in [2.05, 4.69) is 10.2 Å². The number of thiazole rings is 1. The molecule has 0 bridgehead atoms. The Bertz CT molecular complexity index is 760. The van der Waals surface area contributed by atoms with Gasteiger partial charge >= 0.3 is 0 Å². The van der Waals surface area contributed by atoms with Crippen molar-refractivity contribution in [2.45, 2.75) is 31.7 Å². The van der Waals surface area contributed by atoms with Gasteiger partial charge in [-0.1, -0.05) is 22.9 Å². The van der Waals surface area contributed by atoms with Crippen LogP contribution in [0.15, 0.2) is 18.2 Å². The molecule has 2 aliphatic heterocycles. The summed E-state index contributed by atoms with van der Waals surface area (Å²) in [6, 6.07) is 6.04. The highest BCUT2D eigenvalue weighted by Gasteiger charge is 2.29. The molecular formula is C18H22ClN3O2S. The zero-order valence-corrected chi connectivity index (χ0v) is 15.6. The fourth-order valence-electron chi connectivity index (χ4n) is 3.55. The molecule has 0 aliphatic carbocycles. The Morgan fingerprint density at radius 1 is 1.32 bits per heavy atom. The molecule has 5 nitrogen and oxygen atoms in total. The summed E-state index contributed by atoms with van der Waals surface area (Å²) in [5, 5.41) is 4.93. The SMILES string of the molecule is O=C(NC1CCOCC1)C1CCCN(c2nc3ccc(Cl)cc3s2)C1. The number of ether oxygens (including phenoxy) is 1. The van der Waals surface area contributed by atoms with E-state index in [-0.39, 0.29) is 17.9 Å². The van der Waals surface area contributed by atoms with Crippen molar-refractivity contribution in [3.8, 4) is 0 Å². The number of hydrogen-bond acceptors (Lipinski definition) is 5. The van der Waals surface area contributed by atoms with E-state index in [1.807, 2.05) is 18.2 Å². The van der Waals surface area contributed by atoms with E-state index in [0.717, 1.165) is 72.4 Å². The predicted octanol–water partition coefficient (Wildman–Crippen LogP) is 3.46. The summed E-state index contributed by atoms with van der Waals surface area (Å²) in [5.74, 6) is 0.216. The van der Waals surface area contributed by atoms with Gasteiger partial charge in [-0.15, -0.1) is 0 Å². The van der Waals surface area contributed by atoms with Crippen molar-refractivity contribution >= 4 is 44.2 Å². The van der Waals surface area contributed by atoms with Gasteiger partial charge in [0.25, 0.3) is 0 Å². The molecule has 1 aromatic heterocycles. The van der Waals surface area contributed by atoms with Crippen molar-refractivity contribution in [1.82, 2.24) is 10.3 Å². The highest BCUT2D eigenvalue weighted by Crippen LogP contribution is 2.33. The third-order valence-electron chi connectivity index (χ3n) is 4.97. The van der Waals surface area contributed by atoms with Crippen molar-refractivity contribution in [2.24, 2.45) is 5.92 Å². The third-order valence-corrected chi connectivity index (χ3v) is 6.28. The number of benzene rings is 1. The number of piperidine rings is 1. The summed E-state index contributed by atoms with van der Waals surface area (Å²) >= 11 is 7.72. The number of carbonyl (C=O) groups excluding carboxylic acids is 1. The number of carbonyl (C=O) groups is 1. The number of nitrogens with zero attached hydrogens (tertiary/aromatic N) is 2. The van der Waals surface area contributed by atoms with Gasteiger partial charge in [0, 0.05) is 37.4 Å². The molecule has 2 fully saturated rings. The molecule has 7 heteroatoms. The highest BCUT2D eigenvalue weighted by atomic mass is 35.5. The molecule has 1 amide bonds. The van der Waals surface area contributed by atoms with E-state index in [9.17, 15) is 4.79 Å². The van der Waals surface area contributed by atoms with Gasteiger partial charge in [-0.3, -0.25) is 4.79 Å². The van der Waals surface area contributed by atoms with Crippen molar-refractivity contribution in [2.75, 3.05) is 31.2 Å². The first-order chi connectivity index (χ1) is 12.2. The number of fused-ring (bicyclic) bond motifs is 1. The Morgan fingerprint density at radius 3 is 3.00 bits per heavy atom. The quantitative estimate of drug-likeness (QED) is 0.887. The smallest absolute Gasteiger partial charge is 0.225 e. The van der Waals surface area contributed by atoms with Crippen LogP contribution in [0.3, 0.4) is 0 Å². The second-order valence-electron chi connectivity index (χ2n) is 6.79. The molecule has 2 saturated heterocycles. The second kappa shape index (κ2) is 7.48. The summed E-state index contributed by atoms with van der Waals surface area (Å²) < 4.78 is 6.46. The number of halogens is 1. The first-order valence-electron chi connectivity index (χ1n) is 8.88. The summed E-state index contributed by atoms with van der Waals surface area (Å²) in [5.41, 5.74) is 0.971. The molecule has 1 aromatic carbocycles. The first-order valence-corrected chi connectivity index (χ1v) is 10.1. The number of aromatic nitrogens is 1. The Morgan fingerprint density at radius 2 is 2.16 bits per heavy atom. The van der Waals surface area contributed by atoms with Crippen LogP contribution in [-0.4, -0.2) is 43.2 Å². The van der Waals surface area contributed by atoms with Crippen LogP contribution in [0.4, 0.5) is 5.13 Å². The molecule has 0 radical (unpaired) electrons. The summed E-state index contributed by atoms with van der Waals surface area (Å²) in [6.07, 6.45) is 3.80. The maximum absolute atomic E-state index is 12.6. The lowest BCUT2D eigenvalue weighted by Crippen LogP contribution is -2.47. The minimum absolute atomic E-state index is 0.0344. The molecule has 1 atom stereocenters. The lowest BCUT2D eigenvalue weighted by molar-refractivity contribution is -0.126. The molecule has 1 unspecified atom stereocenters. The lowest BCUT2D eigenvalue weighted by Gasteiger charge is -2.33. The van der Waals surface area contributed by atoms with E-state index in [4.69, 9.17) is 21.3 Å². The Hall–Kier alpha value is -1.37. The van der Waals surface area contributed by atoms with Crippen LogP contribution in [0.1, 0.15) is 25.7 Å². The lowest BCUT2D eigenvalue weighted by atomic mass is 9.96. The zero-order valence-electron chi connectivity index (χ0n) is 14.0. The summed E-state index contributed by atoms with van der Waals surface area (Å²) in [4.78, 5) is 19.6. The van der Waals surface area contributed by atoms with E-state index >= 15 is 0 Å². The Kier molecular flexibility index (Phi) is 5.10. The van der Waals surface area contributed by atoms with E-state index in [0.29, 0.717) is 0 Å². The third kappa shape index (κ3) is 3.91. The standard InChI is InChI=1S/C18H22ClN3O2S/c19-13-3-4-15-16(10-13)25-18(21-15)22-7-1-2-12(11-22)17(23)20-14-5-8-24-9-6-14/h3-4,10,12,14H,1-2,5-9,11H2,(H,20,23). The molecule has 0 saturated carbocycles. The Balaban J connectivity index is 1.43. The van der Waals surface area contributed by atoms with Gasteiger partial charge in [-0.2, -0.15) is 0 Å². The van der Waals surface area contributed by atoms with Crippen molar-refractivity contribution in [3.05, 3.63) is 23.2 Å². The summed E-state index contributed by atoms with van der Waals surface area (Å²) in [6.45, 7) is 3.18. The summed E-state index contributed by atoms with van der Waals surface area (Å²) in [7, 11) is 0. The molecule has 2 aliphatic rings. The van der Waals surface area contributed by atoms with Crippen molar-refractivity contribution < 1.29 is 9.53 Å². The number of nitrogens with one attached hydrogen (secondary N) is 1. The molecule has 0 spiro atoms. The van der Waals surface area contributed by atoms with Gasteiger partial charge in [-0.25, -0.2) is 4.98 Å². The molecule has 3 heterocycles. The van der Waals surface area contributed by atoms with Gasteiger partial charge < -0.3 is 15.0 Å². The number of rotatable bonds is 3. The monoisotopic (exact) mass is 379 g/mol. The van der Waals surface area contributed by atoms with Crippen molar-refractivity contribution in [1.29, 1.82) is 0 Å². The van der Waals surface area contributed by atoms with Gasteiger partial charge in [0.2, 0.25) is 5.91 Å². The maximum atomic E-state index is 12.6. The van der Waals surface area contributed by atoms with Crippen LogP contribution >= 0.6 is 22.9 Å². The van der Waals surface area contributed by atoms with Gasteiger partial charge in [0.15, 0.2) is 5.13 Å². The molecule has 134 valence electrons. The first kappa shape index (κ1) is 17.1. The number of hydrogen-bond donors (Lipinski definition) is 1. The van der Waals surface area contributed by atoms with E-state index in [1.165, 1.54) is 0 Å². The second-order valence-corrected chi connectivity index (χ2v) is 8.23. The Labute approximate surface area is 156 Å². The van der Waals surface area contributed by atoms with Crippen LogP contribution in [-0.2, 0) is 9.53 Å². The number of anilines is 1. The normalized spacial score (nSPS) is 22.3. The fraction of sp³-hybridized carbons (Fsp3) is 0.556. The van der Waals surface area contributed by atoms with Crippen LogP contribution in [0.25, 0.3) is 10.2 Å². The van der Waals surface area contributed by atoms with Gasteiger partial charge in [0.1, 0.15) is 0 Å². The van der Waals surface area contributed by atoms with E-state index in [1.54, 1.807) is 11.3 Å². The average Bonchev–Trinajstić information content (AvgIpc) is 3.06.